The van der Waals surface area contributed by atoms with Crippen LogP contribution in [-0.2, 0) is 18.7 Å². The maximum absolute atomic E-state index is 12.6. The summed E-state index contributed by atoms with van der Waals surface area (Å²) in [5, 5.41) is 0.0772. The first-order valence-electron chi connectivity index (χ1n) is 8.92. The first kappa shape index (κ1) is 22.1. The van der Waals surface area contributed by atoms with Crippen molar-refractivity contribution < 1.29 is 23.5 Å². The summed E-state index contributed by atoms with van der Waals surface area (Å²) in [7, 11) is -1.96. The van der Waals surface area contributed by atoms with Gasteiger partial charge in [0.2, 0.25) is 0 Å². The van der Waals surface area contributed by atoms with Crippen molar-refractivity contribution in [3.8, 4) is 0 Å². The van der Waals surface area contributed by atoms with Crippen molar-refractivity contribution in [1.29, 1.82) is 0 Å². The van der Waals surface area contributed by atoms with E-state index in [2.05, 4.69) is 33.9 Å². The molecule has 1 fully saturated rings. The van der Waals surface area contributed by atoms with Crippen LogP contribution in [0.2, 0.25) is 18.1 Å². The van der Waals surface area contributed by atoms with Gasteiger partial charge in [0.25, 0.3) is 0 Å². The molecule has 1 saturated heterocycles. The lowest BCUT2D eigenvalue weighted by molar-refractivity contribution is -0.141. The highest BCUT2D eigenvalue weighted by molar-refractivity contribution is 6.74. The van der Waals surface area contributed by atoms with Gasteiger partial charge in [0.05, 0.1) is 25.3 Å². The first-order chi connectivity index (χ1) is 11.2. The third-order valence-electron chi connectivity index (χ3n) is 4.91. The van der Waals surface area contributed by atoms with E-state index >= 15 is 0 Å². The molecule has 0 saturated carbocycles. The maximum Gasteiger partial charge on any atom is 0.410 e. The fourth-order valence-electron chi connectivity index (χ4n) is 2.33. The van der Waals surface area contributed by atoms with Crippen LogP contribution in [0.25, 0.3) is 0 Å². The molecule has 3 unspecified atom stereocenters. The normalized spacial score (nSPS) is 25.6. The first-order valence-corrected chi connectivity index (χ1v) is 11.8. The third-order valence-corrected chi connectivity index (χ3v) is 9.41. The minimum absolute atomic E-state index is 0.0772. The van der Waals surface area contributed by atoms with E-state index in [0.29, 0.717) is 6.61 Å². The fraction of sp³-hybridized carbons (Fsp3) is 0.889. The van der Waals surface area contributed by atoms with Crippen molar-refractivity contribution in [2.24, 2.45) is 0 Å². The summed E-state index contributed by atoms with van der Waals surface area (Å²) in [4.78, 5) is 25.4. The van der Waals surface area contributed by atoms with Crippen LogP contribution in [0.4, 0.5) is 4.79 Å². The Hall–Kier alpha value is -0.923. The van der Waals surface area contributed by atoms with Crippen molar-refractivity contribution >= 4 is 20.7 Å². The average molecular weight is 374 g/mol. The van der Waals surface area contributed by atoms with E-state index in [1.165, 1.54) is 0 Å². The molecule has 1 aliphatic heterocycles. The molecule has 7 heteroatoms. The number of hydrogen-bond donors (Lipinski definition) is 0. The molecule has 0 bridgehead atoms. The van der Waals surface area contributed by atoms with E-state index in [9.17, 15) is 9.59 Å². The molecule has 3 atom stereocenters. The summed E-state index contributed by atoms with van der Waals surface area (Å²) in [6.45, 7) is 18.8. The topological polar surface area (TPSA) is 65.1 Å². The quantitative estimate of drug-likeness (QED) is 0.556. The van der Waals surface area contributed by atoms with Gasteiger partial charge < -0.3 is 18.7 Å². The predicted molar refractivity (Wildman–Crippen MR) is 100 cm³/mol. The summed E-state index contributed by atoms with van der Waals surface area (Å²) in [6.07, 6.45) is -0.634. The highest BCUT2D eigenvalue weighted by atomic mass is 28.4. The highest BCUT2D eigenvalue weighted by Crippen LogP contribution is 2.37. The second-order valence-electron chi connectivity index (χ2n) is 9.29. The third kappa shape index (κ3) is 6.08. The lowest BCUT2D eigenvalue weighted by atomic mass is 10.1. The maximum atomic E-state index is 12.6. The molecule has 1 rings (SSSR count). The summed E-state index contributed by atoms with van der Waals surface area (Å²) >= 11 is 0. The molecule has 0 radical (unpaired) electrons. The van der Waals surface area contributed by atoms with E-state index in [0.717, 1.165) is 6.29 Å². The number of amides is 1. The van der Waals surface area contributed by atoms with Crippen LogP contribution in [0.15, 0.2) is 0 Å². The molecule has 0 aromatic rings. The summed E-state index contributed by atoms with van der Waals surface area (Å²) in [5.74, 6) is 0. The Kier molecular flexibility index (Phi) is 6.86. The van der Waals surface area contributed by atoms with Crippen molar-refractivity contribution in [3.63, 3.8) is 0 Å². The SMILES string of the molecule is CC1OC(C=O)CN(C(=O)OC(C)(C)C)C1CO[Si](C)(C)C(C)(C)C. The zero-order valence-corrected chi connectivity index (χ0v) is 18.2. The number of aldehydes is 1. The van der Waals surface area contributed by atoms with E-state index in [4.69, 9.17) is 13.9 Å². The second-order valence-corrected chi connectivity index (χ2v) is 14.1. The van der Waals surface area contributed by atoms with Crippen molar-refractivity contribution in [2.75, 3.05) is 13.2 Å². The van der Waals surface area contributed by atoms with Gasteiger partial charge in [0.15, 0.2) is 14.6 Å². The van der Waals surface area contributed by atoms with Crippen LogP contribution in [0, 0.1) is 0 Å². The minimum Gasteiger partial charge on any atom is -0.444 e. The Labute approximate surface area is 153 Å². The van der Waals surface area contributed by atoms with Crippen LogP contribution in [0.3, 0.4) is 0 Å². The number of ether oxygens (including phenoxy) is 2. The van der Waals surface area contributed by atoms with Gasteiger partial charge in [0, 0.05) is 0 Å². The largest absolute Gasteiger partial charge is 0.444 e. The van der Waals surface area contributed by atoms with Crippen molar-refractivity contribution in [1.82, 2.24) is 4.90 Å². The van der Waals surface area contributed by atoms with Crippen LogP contribution in [0.1, 0.15) is 48.5 Å². The van der Waals surface area contributed by atoms with Gasteiger partial charge in [-0.15, -0.1) is 0 Å². The van der Waals surface area contributed by atoms with Crippen LogP contribution >= 0.6 is 0 Å². The Balaban J connectivity index is 2.94. The number of hydrogen-bond acceptors (Lipinski definition) is 5. The van der Waals surface area contributed by atoms with Gasteiger partial charge in [0.1, 0.15) is 11.7 Å². The standard InChI is InChI=1S/C18H35NO5Si/c1-13-15(12-22-25(8,9)18(5,6)7)19(10-14(11-20)23-13)16(21)24-17(2,3)4/h11,13-15H,10,12H2,1-9H3. The monoisotopic (exact) mass is 373 g/mol. The molecule has 25 heavy (non-hydrogen) atoms. The number of morpholine rings is 1. The number of carbonyl (C=O) groups excluding carboxylic acids is 2. The van der Waals surface area contributed by atoms with E-state index < -0.39 is 26.1 Å². The smallest absolute Gasteiger partial charge is 0.410 e. The number of carbonyl (C=O) groups is 2. The Morgan fingerprint density at radius 1 is 1.24 bits per heavy atom. The minimum atomic E-state index is -1.96. The van der Waals surface area contributed by atoms with E-state index in [1.807, 2.05) is 27.7 Å². The summed E-state index contributed by atoms with van der Waals surface area (Å²) in [6, 6.07) is -0.278. The van der Waals surface area contributed by atoms with Gasteiger partial charge in [-0.3, -0.25) is 4.90 Å². The molecule has 1 amide bonds. The molecule has 0 aliphatic carbocycles. The second kappa shape index (κ2) is 7.76. The van der Waals surface area contributed by atoms with Crippen LogP contribution < -0.4 is 0 Å². The molecule has 0 aromatic heterocycles. The van der Waals surface area contributed by atoms with Crippen LogP contribution in [-0.4, -0.2) is 62.6 Å². The molecule has 0 aromatic carbocycles. The summed E-state index contributed by atoms with van der Waals surface area (Å²) in [5.41, 5.74) is -0.597. The van der Waals surface area contributed by atoms with E-state index in [1.54, 1.807) is 4.90 Å². The average Bonchev–Trinajstić information content (AvgIpc) is 2.42. The zero-order valence-electron chi connectivity index (χ0n) is 17.2. The highest BCUT2D eigenvalue weighted by Gasteiger charge is 2.42. The van der Waals surface area contributed by atoms with Gasteiger partial charge in [-0.2, -0.15) is 0 Å². The fourth-order valence-corrected chi connectivity index (χ4v) is 3.35. The lowest BCUT2D eigenvalue weighted by Gasteiger charge is -2.44. The molecular weight excluding hydrogens is 338 g/mol. The van der Waals surface area contributed by atoms with E-state index in [-0.39, 0.29) is 23.7 Å². The van der Waals surface area contributed by atoms with Gasteiger partial charge in [-0.1, -0.05) is 20.8 Å². The molecule has 1 heterocycles. The van der Waals surface area contributed by atoms with Gasteiger partial charge in [-0.05, 0) is 45.8 Å². The number of nitrogens with zero attached hydrogens (tertiary/aromatic N) is 1. The van der Waals surface area contributed by atoms with Gasteiger partial charge in [-0.25, -0.2) is 4.79 Å². The summed E-state index contributed by atoms with van der Waals surface area (Å²) < 4.78 is 17.6. The number of rotatable bonds is 4. The Bertz CT molecular complexity index is 481. The molecule has 146 valence electrons. The van der Waals surface area contributed by atoms with Gasteiger partial charge >= 0.3 is 6.09 Å². The predicted octanol–water partition coefficient (Wildman–Crippen LogP) is 3.60. The molecule has 6 nitrogen and oxygen atoms in total. The molecular formula is C18H35NO5Si. The zero-order chi connectivity index (χ0) is 19.6. The molecule has 1 aliphatic rings. The molecule has 0 spiro atoms. The molecule has 0 N–H and O–H groups in total. The van der Waals surface area contributed by atoms with Crippen LogP contribution in [0.5, 0.6) is 0 Å². The van der Waals surface area contributed by atoms with Crippen molar-refractivity contribution in [2.45, 2.75) is 90.4 Å². The van der Waals surface area contributed by atoms with Crippen molar-refractivity contribution in [3.05, 3.63) is 0 Å². The Morgan fingerprint density at radius 2 is 1.80 bits per heavy atom. The lowest BCUT2D eigenvalue weighted by Crippen LogP contribution is -2.60. The Morgan fingerprint density at radius 3 is 2.24 bits per heavy atom.